The molecule has 0 aromatic heterocycles. The highest BCUT2D eigenvalue weighted by Gasteiger charge is 2.24. The van der Waals surface area contributed by atoms with Crippen LogP contribution in [-0.2, 0) is 6.42 Å². The Balaban J connectivity index is 2.01. The van der Waals surface area contributed by atoms with Gasteiger partial charge in [-0.05, 0) is 71.2 Å². The summed E-state index contributed by atoms with van der Waals surface area (Å²) in [6.45, 7) is 4.51. The van der Waals surface area contributed by atoms with E-state index in [0.717, 1.165) is 12.8 Å². The van der Waals surface area contributed by atoms with E-state index in [1.54, 1.807) is 0 Å². The SMILES string of the molecule is Cc1cc2c(c(C3=CC=CC3)c1C)Cc1ccccc1-2. The third-order valence-electron chi connectivity index (χ3n) is 4.72. The van der Waals surface area contributed by atoms with E-state index in [1.807, 2.05) is 0 Å². The highest BCUT2D eigenvalue weighted by atomic mass is 14.3. The van der Waals surface area contributed by atoms with Crippen LogP contribution in [0.4, 0.5) is 0 Å². The average molecular weight is 258 g/mol. The minimum absolute atomic E-state index is 1.08. The van der Waals surface area contributed by atoms with E-state index in [0.29, 0.717) is 0 Å². The van der Waals surface area contributed by atoms with E-state index in [9.17, 15) is 0 Å². The average Bonchev–Trinajstić information content (AvgIpc) is 3.08. The molecule has 0 heterocycles. The fourth-order valence-electron chi connectivity index (χ4n) is 3.59. The van der Waals surface area contributed by atoms with Crippen molar-refractivity contribution in [1.82, 2.24) is 0 Å². The van der Waals surface area contributed by atoms with E-state index in [1.165, 1.54) is 44.5 Å². The van der Waals surface area contributed by atoms with Crippen LogP contribution in [0, 0.1) is 13.8 Å². The van der Waals surface area contributed by atoms with Crippen LogP contribution < -0.4 is 0 Å². The first-order valence-corrected chi connectivity index (χ1v) is 7.33. The van der Waals surface area contributed by atoms with E-state index in [-0.39, 0.29) is 0 Å². The van der Waals surface area contributed by atoms with E-state index < -0.39 is 0 Å². The summed E-state index contributed by atoms with van der Waals surface area (Å²) in [6, 6.07) is 11.2. The lowest BCUT2D eigenvalue weighted by atomic mass is 9.88. The molecule has 0 saturated carbocycles. The van der Waals surface area contributed by atoms with Crippen molar-refractivity contribution in [2.75, 3.05) is 0 Å². The number of rotatable bonds is 1. The van der Waals surface area contributed by atoms with Crippen LogP contribution in [0.2, 0.25) is 0 Å². The number of allylic oxidation sites excluding steroid dienone is 4. The summed E-state index contributed by atoms with van der Waals surface area (Å²) in [4.78, 5) is 0. The summed E-state index contributed by atoms with van der Waals surface area (Å²) in [6.07, 6.45) is 8.88. The number of hydrogen-bond acceptors (Lipinski definition) is 0. The predicted molar refractivity (Wildman–Crippen MR) is 85.9 cm³/mol. The van der Waals surface area contributed by atoms with E-state index in [2.05, 4.69) is 62.4 Å². The second-order valence-corrected chi connectivity index (χ2v) is 5.88. The summed E-state index contributed by atoms with van der Waals surface area (Å²) in [5.74, 6) is 0. The first kappa shape index (κ1) is 11.7. The first-order valence-electron chi connectivity index (χ1n) is 7.33. The van der Waals surface area contributed by atoms with Crippen LogP contribution in [0.1, 0.15) is 34.2 Å². The van der Waals surface area contributed by atoms with Crippen LogP contribution in [0.15, 0.2) is 48.6 Å². The molecule has 0 radical (unpaired) electrons. The molecular weight excluding hydrogens is 240 g/mol. The van der Waals surface area contributed by atoms with Gasteiger partial charge in [-0.2, -0.15) is 0 Å². The van der Waals surface area contributed by atoms with Gasteiger partial charge in [0, 0.05) is 0 Å². The van der Waals surface area contributed by atoms with Crippen molar-refractivity contribution in [2.45, 2.75) is 26.7 Å². The molecule has 0 N–H and O–H groups in total. The zero-order valence-electron chi connectivity index (χ0n) is 12.0. The minimum atomic E-state index is 1.08. The molecule has 0 saturated heterocycles. The Morgan fingerprint density at radius 2 is 1.85 bits per heavy atom. The quantitative estimate of drug-likeness (QED) is 0.561. The third-order valence-corrected chi connectivity index (χ3v) is 4.72. The van der Waals surface area contributed by atoms with Crippen molar-refractivity contribution in [3.63, 3.8) is 0 Å². The lowest BCUT2D eigenvalue weighted by Crippen LogP contribution is -1.98. The number of fused-ring (bicyclic) bond motifs is 3. The molecule has 2 aromatic rings. The minimum Gasteiger partial charge on any atom is -0.0801 e. The maximum atomic E-state index is 2.38. The Morgan fingerprint density at radius 1 is 1.00 bits per heavy atom. The van der Waals surface area contributed by atoms with Gasteiger partial charge in [0.25, 0.3) is 0 Å². The van der Waals surface area contributed by atoms with Gasteiger partial charge in [0.2, 0.25) is 0 Å². The lowest BCUT2D eigenvalue weighted by molar-refractivity contribution is 1.19. The molecule has 0 bridgehead atoms. The standard InChI is InChI=1S/C20H18/c1-13-11-18-17-10-6-5-9-16(17)12-19(18)20(14(13)2)15-7-3-4-8-15/h3-7,9-11H,8,12H2,1-2H3. The van der Waals surface area contributed by atoms with E-state index in [4.69, 9.17) is 0 Å². The van der Waals surface area contributed by atoms with Crippen molar-refractivity contribution < 1.29 is 0 Å². The van der Waals surface area contributed by atoms with Gasteiger partial charge < -0.3 is 0 Å². The van der Waals surface area contributed by atoms with Gasteiger partial charge >= 0.3 is 0 Å². The Hall–Kier alpha value is -2.08. The summed E-state index contributed by atoms with van der Waals surface area (Å²) in [5, 5.41) is 0. The summed E-state index contributed by atoms with van der Waals surface area (Å²) >= 11 is 0. The molecule has 0 atom stereocenters. The zero-order valence-corrected chi connectivity index (χ0v) is 12.0. The Bertz CT molecular complexity index is 773. The first-order chi connectivity index (χ1) is 9.75. The van der Waals surface area contributed by atoms with Gasteiger partial charge in [-0.15, -0.1) is 0 Å². The Labute approximate surface area is 120 Å². The van der Waals surface area contributed by atoms with Crippen molar-refractivity contribution in [3.05, 3.63) is 76.4 Å². The molecule has 2 aliphatic rings. The molecule has 0 spiro atoms. The number of hydrogen-bond donors (Lipinski definition) is 0. The molecular formula is C20H18. The normalized spacial score (nSPS) is 15.2. The van der Waals surface area contributed by atoms with Crippen molar-refractivity contribution in [1.29, 1.82) is 0 Å². The topological polar surface area (TPSA) is 0 Å². The molecule has 0 nitrogen and oxygen atoms in total. The van der Waals surface area contributed by atoms with Crippen molar-refractivity contribution in [2.24, 2.45) is 0 Å². The van der Waals surface area contributed by atoms with E-state index >= 15 is 0 Å². The molecule has 0 heteroatoms. The molecule has 4 rings (SSSR count). The van der Waals surface area contributed by atoms with Crippen molar-refractivity contribution >= 4 is 5.57 Å². The second kappa shape index (κ2) is 4.21. The highest BCUT2D eigenvalue weighted by Crippen LogP contribution is 2.43. The van der Waals surface area contributed by atoms with Crippen LogP contribution in [-0.4, -0.2) is 0 Å². The monoisotopic (exact) mass is 258 g/mol. The smallest absolute Gasteiger partial charge is 0.000730 e. The van der Waals surface area contributed by atoms with Crippen LogP contribution in [0.3, 0.4) is 0 Å². The highest BCUT2D eigenvalue weighted by molar-refractivity contribution is 5.86. The molecule has 0 unspecified atom stereocenters. The van der Waals surface area contributed by atoms with Gasteiger partial charge in [-0.25, -0.2) is 0 Å². The zero-order chi connectivity index (χ0) is 13.7. The Morgan fingerprint density at radius 3 is 2.65 bits per heavy atom. The van der Waals surface area contributed by atoms with Gasteiger partial charge in [-0.1, -0.05) is 48.6 Å². The lowest BCUT2D eigenvalue weighted by Gasteiger charge is -2.16. The van der Waals surface area contributed by atoms with Crippen molar-refractivity contribution in [3.8, 4) is 11.1 Å². The van der Waals surface area contributed by atoms with Crippen LogP contribution in [0.5, 0.6) is 0 Å². The number of benzene rings is 2. The Kier molecular flexibility index (Phi) is 2.47. The van der Waals surface area contributed by atoms with Gasteiger partial charge in [0.1, 0.15) is 0 Å². The number of aryl methyl sites for hydroxylation is 1. The fraction of sp³-hybridized carbons (Fsp3) is 0.200. The molecule has 20 heavy (non-hydrogen) atoms. The molecule has 0 aliphatic heterocycles. The summed E-state index contributed by atoms with van der Waals surface area (Å²) in [5.41, 5.74) is 11.7. The summed E-state index contributed by atoms with van der Waals surface area (Å²) in [7, 11) is 0. The molecule has 2 aliphatic carbocycles. The largest absolute Gasteiger partial charge is 0.0801 e. The van der Waals surface area contributed by atoms with Gasteiger partial charge in [0.05, 0.1) is 0 Å². The van der Waals surface area contributed by atoms with Gasteiger partial charge in [0.15, 0.2) is 0 Å². The molecule has 0 fully saturated rings. The third kappa shape index (κ3) is 1.54. The molecule has 2 aromatic carbocycles. The maximum Gasteiger partial charge on any atom is -0.000730 e. The van der Waals surface area contributed by atoms with Crippen LogP contribution in [0.25, 0.3) is 16.7 Å². The predicted octanol–water partition coefficient (Wildman–Crippen LogP) is 5.22. The van der Waals surface area contributed by atoms with Gasteiger partial charge in [-0.3, -0.25) is 0 Å². The second-order valence-electron chi connectivity index (χ2n) is 5.88. The maximum absolute atomic E-state index is 2.38. The fourth-order valence-corrected chi connectivity index (χ4v) is 3.59. The summed E-state index contributed by atoms with van der Waals surface area (Å²) < 4.78 is 0. The molecule has 98 valence electrons. The molecule has 0 amide bonds. The van der Waals surface area contributed by atoms with Crippen LogP contribution >= 0.6 is 0 Å².